The summed E-state index contributed by atoms with van der Waals surface area (Å²) in [6.45, 7) is 4.02. The minimum absolute atomic E-state index is 0.0239. The van der Waals surface area contributed by atoms with Crippen LogP contribution in [0.3, 0.4) is 0 Å². The lowest BCUT2D eigenvalue weighted by atomic mass is 10.3. The van der Waals surface area contributed by atoms with E-state index in [-0.39, 0.29) is 12.5 Å². The minimum Gasteiger partial charge on any atom is -0.478 e. The number of piperazine rings is 1. The Morgan fingerprint density at radius 1 is 1.32 bits per heavy atom. The summed E-state index contributed by atoms with van der Waals surface area (Å²) >= 11 is 0. The molecule has 0 N–H and O–H groups in total. The second-order valence-electron chi connectivity index (χ2n) is 4.99. The summed E-state index contributed by atoms with van der Waals surface area (Å²) < 4.78 is 7.06. The number of carbonyl (C=O) groups is 1. The van der Waals surface area contributed by atoms with Crippen LogP contribution < -0.4 is 14.5 Å². The number of hydrogen-bond donors (Lipinski definition) is 0. The summed E-state index contributed by atoms with van der Waals surface area (Å²) in [7, 11) is 1.83. The van der Waals surface area contributed by atoms with Crippen molar-refractivity contribution in [2.75, 3.05) is 36.0 Å². The lowest BCUT2D eigenvalue weighted by Crippen LogP contribution is -2.50. The molecule has 0 saturated carbocycles. The van der Waals surface area contributed by atoms with Gasteiger partial charge in [0.1, 0.15) is 12.1 Å². The van der Waals surface area contributed by atoms with Crippen LogP contribution in [0.25, 0.3) is 0 Å². The highest BCUT2D eigenvalue weighted by atomic mass is 16.5. The van der Waals surface area contributed by atoms with Crippen molar-refractivity contribution in [2.45, 2.75) is 6.92 Å². The molecule has 1 amide bonds. The first-order chi connectivity index (χ1) is 10.7. The molecule has 1 saturated heterocycles. The number of rotatable bonds is 4. The van der Waals surface area contributed by atoms with Gasteiger partial charge in [-0.25, -0.2) is 9.97 Å². The molecule has 0 unspecified atom stereocenters. The Balaban J connectivity index is 1.72. The fourth-order valence-corrected chi connectivity index (χ4v) is 2.42. The number of amides is 1. The Labute approximate surface area is 128 Å². The zero-order chi connectivity index (χ0) is 15.5. The summed E-state index contributed by atoms with van der Waals surface area (Å²) in [5, 5.41) is 4.11. The van der Waals surface area contributed by atoms with Crippen LogP contribution in [0.5, 0.6) is 5.88 Å². The smallest absolute Gasteiger partial charge is 0.246 e. The number of ether oxygens (including phenoxy) is 1. The van der Waals surface area contributed by atoms with Crippen molar-refractivity contribution in [2.24, 2.45) is 7.05 Å². The van der Waals surface area contributed by atoms with Gasteiger partial charge in [-0.1, -0.05) is 0 Å². The maximum absolute atomic E-state index is 12.4. The van der Waals surface area contributed by atoms with Gasteiger partial charge in [0.2, 0.25) is 11.8 Å². The van der Waals surface area contributed by atoms with E-state index in [0.29, 0.717) is 31.4 Å². The number of nitrogens with zero attached hydrogens (tertiary/aromatic N) is 6. The maximum atomic E-state index is 12.4. The highest BCUT2D eigenvalue weighted by Gasteiger charge is 2.26. The summed E-state index contributed by atoms with van der Waals surface area (Å²) in [6.07, 6.45) is 5.00. The first kappa shape index (κ1) is 14.3. The van der Waals surface area contributed by atoms with Crippen molar-refractivity contribution < 1.29 is 9.53 Å². The van der Waals surface area contributed by atoms with Crippen LogP contribution in [0.2, 0.25) is 0 Å². The first-order valence-corrected chi connectivity index (χ1v) is 7.16. The molecule has 2 aromatic heterocycles. The molecule has 3 heterocycles. The van der Waals surface area contributed by atoms with Crippen LogP contribution in [-0.4, -0.2) is 51.9 Å². The predicted molar refractivity (Wildman–Crippen MR) is 81.0 cm³/mol. The van der Waals surface area contributed by atoms with Gasteiger partial charge in [-0.2, -0.15) is 5.10 Å². The number of hydrogen-bond acceptors (Lipinski definition) is 6. The maximum Gasteiger partial charge on any atom is 0.246 e. The summed E-state index contributed by atoms with van der Waals surface area (Å²) in [6, 6.07) is 1.76. The third kappa shape index (κ3) is 2.85. The largest absolute Gasteiger partial charge is 0.478 e. The van der Waals surface area contributed by atoms with E-state index in [2.05, 4.69) is 15.1 Å². The van der Waals surface area contributed by atoms with Crippen LogP contribution in [0.4, 0.5) is 11.5 Å². The Hall–Kier alpha value is -2.64. The Kier molecular flexibility index (Phi) is 3.90. The topological polar surface area (TPSA) is 76.4 Å². The monoisotopic (exact) mass is 302 g/mol. The van der Waals surface area contributed by atoms with Gasteiger partial charge in [0, 0.05) is 32.4 Å². The molecule has 0 aliphatic carbocycles. The van der Waals surface area contributed by atoms with Gasteiger partial charge < -0.3 is 14.5 Å². The van der Waals surface area contributed by atoms with E-state index in [9.17, 15) is 4.79 Å². The molecule has 0 radical (unpaired) electrons. The van der Waals surface area contributed by atoms with E-state index in [1.807, 2.05) is 25.1 Å². The van der Waals surface area contributed by atoms with Gasteiger partial charge in [0.05, 0.1) is 25.0 Å². The summed E-state index contributed by atoms with van der Waals surface area (Å²) in [5.41, 5.74) is 0.824. The average molecular weight is 302 g/mol. The lowest BCUT2D eigenvalue weighted by Gasteiger charge is -2.34. The van der Waals surface area contributed by atoms with Crippen LogP contribution in [-0.2, 0) is 11.8 Å². The van der Waals surface area contributed by atoms with Crippen molar-refractivity contribution in [3.05, 3.63) is 24.8 Å². The van der Waals surface area contributed by atoms with Crippen LogP contribution >= 0.6 is 0 Å². The Morgan fingerprint density at radius 2 is 2.18 bits per heavy atom. The van der Waals surface area contributed by atoms with Crippen molar-refractivity contribution in [3.8, 4) is 5.88 Å². The molecule has 3 rings (SSSR count). The molecule has 8 heteroatoms. The summed E-state index contributed by atoms with van der Waals surface area (Å²) in [5.74, 6) is 1.25. The molecule has 116 valence electrons. The van der Waals surface area contributed by atoms with E-state index in [1.54, 1.807) is 21.8 Å². The van der Waals surface area contributed by atoms with Crippen molar-refractivity contribution in [1.29, 1.82) is 0 Å². The molecular formula is C14H18N6O2. The minimum atomic E-state index is 0.0239. The second kappa shape index (κ2) is 6.00. The average Bonchev–Trinajstić information content (AvgIpc) is 2.94. The van der Waals surface area contributed by atoms with Crippen LogP contribution in [0.15, 0.2) is 24.8 Å². The molecule has 0 aromatic carbocycles. The third-order valence-corrected chi connectivity index (χ3v) is 3.47. The second-order valence-corrected chi connectivity index (χ2v) is 4.99. The van der Waals surface area contributed by atoms with E-state index in [4.69, 9.17) is 4.74 Å². The number of aryl methyl sites for hydroxylation is 1. The molecule has 1 aliphatic heterocycles. The molecule has 1 fully saturated rings. The van der Waals surface area contributed by atoms with Crippen molar-refractivity contribution in [3.63, 3.8) is 0 Å². The number of aromatic nitrogens is 4. The Morgan fingerprint density at radius 3 is 2.86 bits per heavy atom. The van der Waals surface area contributed by atoms with E-state index < -0.39 is 0 Å². The summed E-state index contributed by atoms with van der Waals surface area (Å²) in [4.78, 5) is 24.3. The highest BCUT2D eigenvalue weighted by Crippen LogP contribution is 2.21. The van der Waals surface area contributed by atoms with Crippen LogP contribution in [0.1, 0.15) is 6.92 Å². The molecule has 8 nitrogen and oxygen atoms in total. The molecule has 0 bridgehead atoms. The zero-order valence-corrected chi connectivity index (χ0v) is 12.6. The molecular weight excluding hydrogens is 284 g/mol. The van der Waals surface area contributed by atoms with Gasteiger partial charge in [0.15, 0.2) is 0 Å². The SMILES string of the molecule is CCOc1cc(N2CCN(c3cnn(C)c3)C(=O)C2)ncn1. The number of carbonyl (C=O) groups excluding carboxylic acids is 1. The quantitative estimate of drug-likeness (QED) is 0.817. The van der Waals surface area contributed by atoms with Gasteiger partial charge >= 0.3 is 0 Å². The number of anilines is 2. The molecule has 22 heavy (non-hydrogen) atoms. The highest BCUT2D eigenvalue weighted by molar-refractivity contribution is 5.97. The molecule has 0 atom stereocenters. The lowest BCUT2D eigenvalue weighted by molar-refractivity contribution is -0.117. The molecule has 1 aliphatic rings. The fraction of sp³-hybridized carbons (Fsp3) is 0.429. The van der Waals surface area contributed by atoms with E-state index in [0.717, 1.165) is 5.69 Å². The third-order valence-electron chi connectivity index (χ3n) is 3.47. The molecule has 0 spiro atoms. The van der Waals surface area contributed by atoms with Crippen molar-refractivity contribution >= 4 is 17.4 Å². The van der Waals surface area contributed by atoms with E-state index in [1.165, 1.54) is 6.33 Å². The zero-order valence-electron chi connectivity index (χ0n) is 12.6. The van der Waals surface area contributed by atoms with Gasteiger partial charge in [-0.05, 0) is 6.92 Å². The van der Waals surface area contributed by atoms with Crippen molar-refractivity contribution in [1.82, 2.24) is 19.7 Å². The van der Waals surface area contributed by atoms with Gasteiger partial charge in [0.25, 0.3) is 0 Å². The fourth-order valence-electron chi connectivity index (χ4n) is 2.42. The molecule has 2 aromatic rings. The standard InChI is InChI=1S/C14H18N6O2/c1-3-22-13-6-12(15-10-16-13)19-4-5-20(14(21)9-19)11-7-17-18(2)8-11/h6-8,10H,3-5,9H2,1-2H3. The van der Waals surface area contributed by atoms with E-state index >= 15 is 0 Å². The normalized spacial score (nSPS) is 15.3. The van der Waals surface area contributed by atoms with Gasteiger partial charge in [-0.3, -0.25) is 9.48 Å². The predicted octanol–water partition coefficient (Wildman–Crippen LogP) is 0.462. The van der Waals surface area contributed by atoms with Gasteiger partial charge in [-0.15, -0.1) is 0 Å². The Bertz CT molecular complexity index is 671. The van der Waals surface area contributed by atoms with Crippen LogP contribution in [0, 0.1) is 0 Å². The first-order valence-electron chi connectivity index (χ1n) is 7.16.